The number of hydrogen-bond acceptors (Lipinski definition) is 6. The molecule has 2 aromatic rings. The molecule has 166 valence electrons. The molecular weight excluding hydrogens is 396 g/mol. The third-order valence-corrected chi connectivity index (χ3v) is 5.54. The van der Waals surface area contributed by atoms with E-state index in [9.17, 15) is 14.7 Å². The molecule has 0 spiro atoms. The summed E-state index contributed by atoms with van der Waals surface area (Å²) >= 11 is 0. The van der Waals surface area contributed by atoms with Crippen LogP contribution < -0.4 is 10.1 Å². The van der Waals surface area contributed by atoms with Gasteiger partial charge >= 0.3 is 5.97 Å². The summed E-state index contributed by atoms with van der Waals surface area (Å²) in [5.41, 5.74) is 1.37. The lowest BCUT2D eigenvalue weighted by molar-refractivity contribution is -0.130. The molecule has 1 fully saturated rings. The van der Waals surface area contributed by atoms with Gasteiger partial charge in [0.25, 0.3) is 0 Å². The van der Waals surface area contributed by atoms with Crippen molar-refractivity contribution < 1.29 is 24.2 Å². The number of carbonyl (C=O) groups excluding carboxylic acids is 2. The third-order valence-electron chi connectivity index (χ3n) is 5.54. The van der Waals surface area contributed by atoms with Gasteiger partial charge in [0, 0.05) is 13.1 Å². The number of likely N-dealkylation sites (tertiary alicyclic amines) is 1. The normalized spacial score (nSPS) is 20.0. The van der Waals surface area contributed by atoms with Crippen LogP contribution in [0.5, 0.6) is 5.75 Å². The Kier molecular flexibility index (Phi) is 8.03. The number of aliphatic hydroxyl groups excluding tert-OH is 1. The Balaban J connectivity index is 1.57. The second kappa shape index (κ2) is 10.9. The molecule has 3 rings (SSSR count). The van der Waals surface area contributed by atoms with E-state index in [2.05, 4.69) is 5.32 Å². The molecule has 0 aromatic heterocycles. The van der Waals surface area contributed by atoms with E-state index in [-0.39, 0.29) is 18.0 Å². The fourth-order valence-electron chi connectivity index (χ4n) is 3.78. The lowest BCUT2D eigenvalue weighted by Crippen LogP contribution is -2.54. The summed E-state index contributed by atoms with van der Waals surface area (Å²) in [7, 11) is 1.34. The first-order chi connectivity index (χ1) is 15.0. The van der Waals surface area contributed by atoms with E-state index in [1.54, 1.807) is 12.1 Å². The van der Waals surface area contributed by atoms with Gasteiger partial charge in [-0.3, -0.25) is 9.69 Å². The first-order valence-corrected chi connectivity index (χ1v) is 10.6. The van der Waals surface area contributed by atoms with Crippen LogP contribution in [0, 0.1) is 0 Å². The minimum atomic E-state index is -0.441. The quantitative estimate of drug-likeness (QED) is 0.631. The SMILES string of the molecule is COC(=O)c1ccc([C@H](C)NC(=O)[C@@H]2CC[C@@H](O)CN2CCOc2ccccc2)cc1. The standard InChI is InChI=1S/C24H30N2O5/c1-17(18-8-10-19(11-9-18)24(29)30-2)25-23(28)22-13-12-20(27)16-26(22)14-15-31-21-6-4-3-5-7-21/h3-11,17,20,22,27H,12-16H2,1-2H3,(H,25,28)/t17-,20+,22-/m0/s1. The molecule has 7 nitrogen and oxygen atoms in total. The monoisotopic (exact) mass is 426 g/mol. The maximum Gasteiger partial charge on any atom is 0.337 e. The zero-order valence-electron chi connectivity index (χ0n) is 18.0. The van der Waals surface area contributed by atoms with Gasteiger partial charge in [-0.25, -0.2) is 4.79 Å². The number of esters is 1. The van der Waals surface area contributed by atoms with Crippen LogP contribution in [-0.4, -0.2) is 60.8 Å². The van der Waals surface area contributed by atoms with Crippen molar-refractivity contribution in [1.82, 2.24) is 10.2 Å². The number of para-hydroxylation sites is 1. The highest BCUT2D eigenvalue weighted by atomic mass is 16.5. The summed E-state index contributed by atoms with van der Waals surface area (Å²) in [5.74, 6) is 0.318. The highest BCUT2D eigenvalue weighted by Crippen LogP contribution is 2.20. The maximum absolute atomic E-state index is 13.0. The number of amides is 1. The number of nitrogens with zero attached hydrogens (tertiary/aromatic N) is 1. The summed E-state index contributed by atoms with van der Waals surface area (Å²) in [5, 5.41) is 13.2. The number of hydrogen-bond donors (Lipinski definition) is 2. The van der Waals surface area contributed by atoms with Gasteiger partial charge in [-0.15, -0.1) is 0 Å². The molecule has 7 heteroatoms. The number of carbonyl (C=O) groups is 2. The summed E-state index contributed by atoms with van der Waals surface area (Å²) in [6.07, 6.45) is 0.743. The summed E-state index contributed by atoms with van der Waals surface area (Å²) in [6.45, 7) is 3.33. The Morgan fingerprint density at radius 2 is 1.84 bits per heavy atom. The van der Waals surface area contributed by atoms with Crippen LogP contribution in [0.25, 0.3) is 0 Å². The largest absolute Gasteiger partial charge is 0.492 e. The van der Waals surface area contributed by atoms with E-state index < -0.39 is 12.1 Å². The zero-order valence-corrected chi connectivity index (χ0v) is 18.0. The van der Waals surface area contributed by atoms with Gasteiger partial charge in [0.05, 0.1) is 30.9 Å². The van der Waals surface area contributed by atoms with Crippen LogP contribution in [0.15, 0.2) is 54.6 Å². The van der Waals surface area contributed by atoms with Gasteiger partial charge in [0.1, 0.15) is 12.4 Å². The smallest absolute Gasteiger partial charge is 0.337 e. The number of piperidine rings is 1. The number of ether oxygens (including phenoxy) is 2. The highest BCUT2D eigenvalue weighted by molar-refractivity contribution is 5.89. The Morgan fingerprint density at radius 3 is 2.52 bits per heavy atom. The van der Waals surface area contributed by atoms with Crippen LogP contribution in [0.4, 0.5) is 0 Å². The molecule has 1 saturated heterocycles. The molecule has 0 bridgehead atoms. The van der Waals surface area contributed by atoms with Crippen molar-refractivity contribution in [3.8, 4) is 5.75 Å². The Hall–Kier alpha value is -2.90. The molecule has 3 atom stereocenters. The van der Waals surface area contributed by atoms with Crippen molar-refractivity contribution in [3.05, 3.63) is 65.7 Å². The number of nitrogens with one attached hydrogen (secondary N) is 1. The van der Waals surface area contributed by atoms with E-state index in [1.165, 1.54) is 7.11 Å². The van der Waals surface area contributed by atoms with Crippen molar-refractivity contribution in [1.29, 1.82) is 0 Å². The van der Waals surface area contributed by atoms with Gasteiger partial charge in [-0.2, -0.15) is 0 Å². The van der Waals surface area contributed by atoms with E-state index >= 15 is 0 Å². The van der Waals surface area contributed by atoms with Crippen LogP contribution in [-0.2, 0) is 9.53 Å². The van der Waals surface area contributed by atoms with Crippen LogP contribution in [0.1, 0.15) is 41.7 Å². The fourth-order valence-corrected chi connectivity index (χ4v) is 3.78. The minimum absolute atomic E-state index is 0.0730. The molecule has 2 N–H and O–H groups in total. The minimum Gasteiger partial charge on any atom is -0.492 e. The van der Waals surface area contributed by atoms with Crippen molar-refractivity contribution in [2.45, 2.75) is 38.0 Å². The lowest BCUT2D eigenvalue weighted by atomic mass is 9.98. The first kappa shape index (κ1) is 22.8. The molecule has 1 aliphatic rings. The maximum atomic E-state index is 13.0. The average molecular weight is 427 g/mol. The molecule has 1 heterocycles. The third kappa shape index (κ3) is 6.29. The van der Waals surface area contributed by atoms with Crippen LogP contribution in [0.2, 0.25) is 0 Å². The van der Waals surface area contributed by atoms with Gasteiger partial charge < -0.3 is 19.9 Å². The summed E-state index contributed by atoms with van der Waals surface area (Å²) < 4.78 is 10.5. The Bertz CT molecular complexity index is 856. The molecule has 2 aromatic carbocycles. The number of rotatable bonds is 8. The summed E-state index contributed by atoms with van der Waals surface area (Å²) in [4.78, 5) is 26.6. The molecule has 0 aliphatic carbocycles. The lowest BCUT2D eigenvalue weighted by Gasteiger charge is -2.37. The zero-order chi connectivity index (χ0) is 22.2. The molecule has 0 radical (unpaired) electrons. The van der Waals surface area contributed by atoms with E-state index in [0.29, 0.717) is 38.1 Å². The Labute approximate surface area is 183 Å². The van der Waals surface area contributed by atoms with Crippen molar-refractivity contribution in [3.63, 3.8) is 0 Å². The predicted molar refractivity (Wildman–Crippen MR) is 117 cm³/mol. The van der Waals surface area contributed by atoms with E-state index in [1.807, 2.05) is 54.3 Å². The summed E-state index contributed by atoms with van der Waals surface area (Å²) in [6, 6.07) is 16.0. The van der Waals surface area contributed by atoms with Crippen molar-refractivity contribution >= 4 is 11.9 Å². The van der Waals surface area contributed by atoms with Gasteiger partial charge in [-0.1, -0.05) is 30.3 Å². The number of aliphatic hydroxyl groups is 1. The van der Waals surface area contributed by atoms with E-state index in [4.69, 9.17) is 9.47 Å². The highest BCUT2D eigenvalue weighted by Gasteiger charge is 2.32. The molecule has 0 unspecified atom stereocenters. The predicted octanol–water partition coefficient (Wildman–Crippen LogP) is 2.55. The van der Waals surface area contributed by atoms with Crippen molar-refractivity contribution in [2.24, 2.45) is 0 Å². The number of benzene rings is 2. The molecule has 1 aliphatic heterocycles. The van der Waals surface area contributed by atoms with Gasteiger partial charge in [0.2, 0.25) is 5.91 Å². The first-order valence-electron chi connectivity index (χ1n) is 10.6. The van der Waals surface area contributed by atoms with Gasteiger partial charge in [-0.05, 0) is 49.6 Å². The second-order valence-electron chi connectivity index (χ2n) is 7.75. The second-order valence-corrected chi connectivity index (χ2v) is 7.75. The van der Waals surface area contributed by atoms with Crippen LogP contribution >= 0.6 is 0 Å². The Morgan fingerprint density at radius 1 is 1.13 bits per heavy atom. The number of β-amino-alcohol motifs (C(OH)–C–C–N with tert-alkyl or cyclic N) is 1. The molecule has 0 saturated carbocycles. The molecular formula is C24H30N2O5. The molecule has 31 heavy (non-hydrogen) atoms. The van der Waals surface area contributed by atoms with Crippen molar-refractivity contribution in [2.75, 3.05) is 26.8 Å². The fraction of sp³-hybridized carbons (Fsp3) is 0.417. The van der Waals surface area contributed by atoms with Gasteiger partial charge in [0.15, 0.2) is 0 Å². The topological polar surface area (TPSA) is 88.1 Å². The number of methoxy groups -OCH3 is 1. The van der Waals surface area contributed by atoms with Crippen LogP contribution in [0.3, 0.4) is 0 Å². The average Bonchev–Trinajstić information content (AvgIpc) is 2.79. The molecule has 1 amide bonds. The van der Waals surface area contributed by atoms with E-state index in [0.717, 1.165) is 11.3 Å².